The fourth-order valence-corrected chi connectivity index (χ4v) is 3.76. The summed E-state index contributed by atoms with van der Waals surface area (Å²) in [6.07, 6.45) is 4.77. The summed E-state index contributed by atoms with van der Waals surface area (Å²) in [6.45, 7) is 9.05. The molecule has 4 heteroatoms. The highest BCUT2D eigenvalue weighted by molar-refractivity contribution is 5.76. The Hall–Kier alpha value is -1.86. The number of amides is 1. The van der Waals surface area contributed by atoms with Crippen LogP contribution in [0.15, 0.2) is 24.3 Å². The van der Waals surface area contributed by atoms with E-state index in [1.165, 1.54) is 19.5 Å². The van der Waals surface area contributed by atoms with Crippen molar-refractivity contribution >= 4 is 5.91 Å². The SMILES string of the molecule is C[C@H]1C[C@H](C)CN(CCCCNC(=O)CCc2ccc(C#N)cc2)C1. The van der Waals surface area contributed by atoms with E-state index >= 15 is 0 Å². The Morgan fingerprint density at radius 3 is 2.52 bits per heavy atom. The second kappa shape index (κ2) is 10.2. The zero-order chi connectivity index (χ0) is 18.1. The Morgan fingerprint density at radius 2 is 1.88 bits per heavy atom. The molecule has 0 radical (unpaired) electrons. The summed E-state index contributed by atoms with van der Waals surface area (Å²) >= 11 is 0. The molecule has 25 heavy (non-hydrogen) atoms. The minimum atomic E-state index is 0.115. The monoisotopic (exact) mass is 341 g/mol. The minimum Gasteiger partial charge on any atom is -0.356 e. The molecule has 0 saturated carbocycles. The number of aryl methyl sites for hydroxylation is 1. The summed E-state index contributed by atoms with van der Waals surface area (Å²) < 4.78 is 0. The average Bonchev–Trinajstić information content (AvgIpc) is 2.59. The van der Waals surface area contributed by atoms with Gasteiger partial charge in [-0.3, -0.25) is 4.79 Å². The number of unbranched alkanes of at least 4 members (excludes halogenated alkanes) is 1. The van der Waals surface area contributed by atoms with Crippen LogP contribution < -0.4 is 5.32 Å². The maximum atomic E-state index is 11.9. The van der Waals surface area contributed by atoms with E-state index in [0.29, 0.717) is 12.0 Å². The van der Waals surface area contributed by atoms with Crippen LogP contribution >= 0.6 is 0 Å². The number of hydrogen-bond donors (Lipinski definition) is 1. The van der Waals surface area contributed by atoms with Gasteiger partial charge in [0.25, 0.3) is 0 Å². The standard InChI is InChI=1S/C21H31N3O/c1-17-13-18(2)16-24(15-17)12-4-3-11-23-21(25)10-9-19-5-7-20(14-22)8-6-19/h5-8,17-18H,3-4,9-13,15-16H2,1-2H3,(H,23,25)/t17-,18-/m0/s1. The summed E-state index contributed by atoms with van der Waals surface area (Å²) in [5.74, 6) is 1.74. The minimum absolute atomic E-state index is 0.115. The molecular formula is C21H31N3O. The second-order valence-electron chi connectivity index (χ2n) is 7.57. The molecule has 1 heterocycles. The number of piperidine rings is 1. The van der Waals surface area contributed by atoms with Gasteiger partial charge in [-0.25, -0.2) is 0 Å². The molecule has 1 aromatic rings. The Labute approximate surface area is 152 Å². The first-order valence-electron chi connectivity index (χ1n) is 9.55. The number of rotatable bonds is 8. The van der Waals surface area contributed by atoms with Crippen molar-refractivity contribution in [2.24, 2.45) is 11.8 Å². The van der Waals surface area contributed by atoms with Crippen LogP contribution in [0.25, 0.3) is 0 Å². The first-order valence-corrected chi connectivity index (χ1v) is 9.55. The van der Waals surface area contributed by atoms with Crippen LogP contribution in [0, 0.1) is 23.2 Å². The van der Waals surface area contributed by atoms with Gasteiger partial charge in [-0.2, -0.15) is 5.26 Å². The molecular weight excluding hydrogens is 310 g/mol. The third-order valence-corrected chi connectivity index (χ3v) is 4.89. The Bertz CT molecular complexity index is 566. The Balaban J connectivity index is 1.54. The number of benzene rings is 1. The largest absolute Gasteiger partial charge is 0.356 e. The van der Waals surface area contributed by atoms with E-state index in [-0.39, 0.29) is 5.91 Å². The molecule has 1 fully saturated rings. The summed E-state index contributed by atoms with van der Waals surface area (Å²) in [5, 5.41) is 11.8. The van der Waals surface area contributed by atoms with Gasteiger partial charge in [0.1, 0.15) is 0 Å². The van der Waals surface area contributed by atoms with Crippen LogP contribution in [0.4, 0.5) is 0 Å². The van der Waals surface area contributed by atoms with E-state index in [2.05, 4.69) is 30.1 Å². The van der Waals surface area contributed by atoms with E-state index in [1.807, 2.05) is 12.1 Å². The molecule has 1 amide bonds. The quantitative estimate of drug-likeness (QED) is 0.738. The molecule has 2 rings (SSSR count). The molecule has 0 aliphatic carbocycles. The van der Waals surface area contributed by atoms with Gasteiger partial charge in [0.15, 0.2) is 0 Å². The van der Waals surface area contributed by atoms with Crippen molar-refractivity contribution in [2.45, 2.75) is 46.0 Å². The molecule has 1 aliphatic rings. The topological polar surface area (TPSA) is 56.1 Å². The number of nitriles is 1. The van der Waals surface area contributed by atoms with E-state index in [4.69, 9.17) is 5.26 Å². The third kappa shape index (κ3) is 7.27. The van der Waals surface area contributed by atoms with E-state index in [9.17, 15) is 4.79 Å². The van der Waals surface area contributed by atoms with E-state index in [0.717, 1.165) is 49.8 Å². The number of likely N-dealkylation sites (tertiary alicyclic amines) is 1. The first-order chi connectivity index (χ1) is 12.1. The maximum Gasteiger partial charge on any atom is 0.220 e. The molecule has 4 nitrogen and oxygen atoms in total. The normalized spacial score (nSPS) is 20.8. The first kappa shape index (κ1) is 19.5. The molecule has 136 valence electrons. The van der Waals surface area contributed by atoms with Crippen LogP contribution in [0.2, 0.25) is 0 Å². The van der Waals surface area contributed by atoms with Crippen LogP contribution in [0.3, 0.4) is 0 Å². The molecule has 0 unspecified atom stereocenters. The average molecular weight is 341 g/mol. The lowest BCUT2D eigenvalue weighted by molar-refractivity contribution is -0.121. The van der Waals surface area contributed by atoms with E-state index < -0.39 is 0 Å². The highest BCUT2D eigenvalue weighted by Gasteiger charge is 2.20. The lowest BCUT2D eigenvalue weighted by atomic mass is 9.92. The van der Waals surface area contributed by atoms with Gasteiger partial charge in [0.2, 0.25) is 5.91 Å². The molecule has 0 bridgehead atoms. The van der Waals surface area contributed by atoms with Crippen molar-refractivity contribution in [3.8, 4) is 6.07 Å². The molecule has 0 spiro atoms. The van der Waals surface area contributed by atoms with Crippen LogP contribution in [0.1, 0.15) is 50.7 Å². The number of nitrogens with zero attached hydrogens (tertiary/aromatic N) is 2. The molecule has 1 saturated heterocycles. The fraction of sp³-hybridized carbons (Fsp3) is 0.619. The van der Waals surface area contributed by atoms with Gasteiger partial charge in [0.05, 0.1) is 11.6 Å². The van der Waals surface area contributed by atoms with Gasteiger partial charge >= 0.3 is 0 Å². The predicted molar refractivity (Wildman–Crippen MR) is 101 cm³/mol. The van der Waals surface area contributed by atoms with Crippen molar-refractivity contribution in [2.75, 3.05) is 26.2 Å². The molecule has 0 aromatic heterocycles. The summed E-state index contributed by atoms with van der Waals surface area (Å²) in [7, 11) is 0. The molecule has 1 N–H and O–H groups in total. The van der Waals surface area contributed by atoms with Gasteiger partial charge in [-0.05, 0) is 61.8 Å². The summed E-state index contributed by atoms with van der Waals surface area (Å²) in [5.41, 5.74) is 1.76. The smallest absolute Gasteiger partial charge is 0.220 e. The highest BCUT2D eigenvalue weighted by atomic mass is 16.1. The lowest BCUT2D eigenvalue weighted by Gasteiger charge is -2.34. The highest BCUT2D eigenvalue weighted by Crippen LogP contribution is 2.20. The number of nitrogens with one attached hydrogen (secondary N) is 1. The van der Waals surface area contributed by atoms with Gasteiger partial charge in [-0.1, -0.05) is 26.0 Å². The lowest BCUT2D eigenvalue weighted by Crippen LogP contribution is -2.39. The van der Waals surface area contributed by atoms with Crippen LogP contribution in [-0.2, 0) is 11.2 Å². The van der Waals surface area contributed by atoms with Crippen molar-refractivity contribution in [1.82, 2.24) is 10.2 Å². The van der Waals surface area contributed by atoms with Gasteiger partial charge in [-0.15, -0.1) is 0 Å². The number of hydrogen-bond acceptors (Lipinski definition) is 3. The van der Waals surface area contributed by atoms with Crippen LogP contribution in [-0.4, -0.2) is 37.0 Å². The summed E-state index contributed by atoms with van der Waals surface area (Å²) in [6, 6.07) is 9.55. The van der Waals surface area contributed by atoms with Crippen molar-refractivity contribution < 1.29 is 4.79 Å². The third-order valence-electron chi connectivity index (χ3n) is 4.89. The zero-order valence-corrected chi connectivity index (χ0v) is 15.6. The molecule has 2 atom stereocenters. The Kier molecular flexibility index (Phi) is 7.94. The van der Waals surface area contributed by atoms with Crippen LogP contribution in [0.5, 0.6) is 0 Å². The van der Waals surface area contributed by atoms with Crippen molar-refractivity contribution in [3.05, 3.63) is 35.4 Å². The molecule has 1 aliphatic heterocycles. The van der Waals surface area contributed by atoms with Crippen molar-refractivity contribution in [1.29, 1.82) is 5.26 Å². The Morgan fingerprint density at radius 1 is 1.20 bits per heavy atom. The molecule has 1 aromatic carbocycles. The fourth-order valence-electron chi connectivity index (χ4n) is 3.76. The summed E-state index contributed by atoms with van der Waals surface area (Å²) in [4.78, 5) is 14.5. The number of carbonyl (C=O) groups excluding carboxylic acids is 1. The van der Waals surface area contributed by atoms with E-state index in [1.54, 1.807) is 12.1 Å². The zero-order valence-electron chi connectivity index (χ0n) is 15.6. The number of carbonyl (C=O) groups is 1. The van der Waals surface area contributed by atoms with Crippen molar-refractivity contribution in [3.63, 3.8) is 0 Å². The van der Waals surface area contributed by atoms with Gasteiger partial charge < -0.3 is 10.2 Å². The van der Waals surface area contributed by atoms with Gasteiger partial charge in [0, 0.05) is 26.1 Å². The maximum absolute atomic E-state index is 11.9. The second-order valence-corrected chi connectivity index (χ2v) is 7.57. The predicted octanol–water partition coefficient (Wildman–Crippen LogP) is 3.37.